The Morgan fingerprint density at radius 2 is 1.68 bits per heavy atom. The molecule has 2 saturated carbocycles. The van der Waals surface area contributed by atoms with Crippen LogP contribution in [0.15, 0.2) is 0 Å². The third kappa shape index (κ3) is 4.48. The van der Waals surface area contributed by atoms with Gasteiger partial charge in [-0.05, 0) is 69.2 Å². The fourth-order valence-electron chi connectivity index (χ4n) is 3.55. The predicted molar refractivity (Wildman–Crippen MR) is 77.1 cm³/mol. The summed E-state index contributed by atoms with van der Waals surface area (Å²) in [7, 11) is 0. The number of hydrogen-bond acceptors (Lipinski definition) is 2. The van der Waals surface area contributed by atoms with Crippen LogP contribution in [0.1, 0.15) is 65.2 Å². The molecule has 0 heterocycles. The summed E-state index contributed by atoms with van der Waals surface area (Å²) in [5.74, 6) is 0.0261. The fourth-order valence-corrected chi connectivity index (χ4v) is 3.55. The van der Waals surface area contributed by atoms with Crippen LogP contribution in [0.25, 0.3) is 0 Å². The molecule has 0 atom stereocenters. The van der Waals surface area contributed by atoms with Gasteiger partial charge in [0, 0.05) is 6.04 Å². The van der Waals surface area contributed by atoms with Gasteiger partial charge < -0.3 is 10.4 Å². The fraction of sp³-hybridized carbons (Fsp3) is 0.938. The maximum atomic E-state index is 10.9. The second-order valence-corrected chi connectivity index (χ2v) is 7.40. The molecule has 0 unspecified atom stereocenters. The Hall–Kier alpha value is -0.570. The standard InChI is InChI=1S/C16H29NO2/c1-16(2)9-7-14(8-10-16)17-11-12-3-5-13(6-4-12)15(18)19/h12-14,17H,3-11H2,1-2H3,(H,18,19). The van der Waals surface area contributed by atoms with Crippen LogP contribution in [0.3, 0.4) is 0 Å². The summed E-state index contributed by atoms with van der Waals surface area (Å²) in [6.45, 7) is 5.84. The van der Waals surface area contributed by atoms with Gasteiger partial charge in [0.1, 0.15) is 0 Å². The van der Waals surface area contributed by atoms with Crippen LogP contribution in [-0.4, -0.2) is 23.7 Å². The molecule has 0 radical (unpaired) electrons. The van der Waals surface area contributed by atoms with Crippen molar-refractivity contribution < 1.29 is 9.90 Å². The van der Waals surface area contributed by atoms with Crippen LogP contribution >= 0.6 is 0 Å². The topological polar surface area (TPSA) is 49.3 Å². The summed E-state index contributed by atoms with van der Waals surface area (Å²) in [6.07, 6.45) is 9.19. The zero-order chi connectivity index (χ0) is 13.9. The van der Waals surface area contributed by atoms with E-state index in [1.807, 2.05) is 0 Å². The lowest BCUT2D eigenvalue weighted by atomic mass is 9.75. The molecular formula is C16H29NO2. The Balaban J connectivity index is 1.63. The predicted octanol–water partition coefficient (Wildman–Crippen LogP) is 3.44. The Kier molecular flexibility index (Phi) is 4.88. The maximum absolute atomic E-state index is 10.9. The lowest BCUT2D eigenvalue weighted by Crippen LogP contribution is -2.39. The van der Waals surface area contributed by atoms with Crippen molar-refractivity contribution >= 4 is 5.97 Å². The average molecular weight is 267 g/mol. The number of rotatable bonds is 4. The molecule has 2 N–H and O–H groups in total. The summed E-state index contributed by atoms with van der Waals surface area (Å²) in [5.41, 5.74) is 0.539. The third-order valence-corrected chi connectivity index (χ3v) is 5.23. The van der Waals surface area contributed by atoms with E-state index in [0.717, 1.165) is 32.2 Å². The Labute approximate surface area is 117 Å². The quantitative estimate of drug-likeness (QED) is 0.820. The summed E-state index contributed by atoms with van der Waals surface area (Å²) in [6, 6.07) is 0.699. The molecule has 0 bridgehead atoms. The minimum absolute atomic E-state index is 0.0771. The summed E-state index contributed by atoms with van der Waals surface area (Å²) in [4.78, 5) is 10.9. The summed E-state index contributed by atoms with van der Waals surface area (Å²) < 4.78 is 0. The number of nitrogens with one attached hydrogen (secondary N) is 1. The molecule has 2 rings (SSSR count). The zero-order valence-corrected chi connectivity index (χ0v) is 12.5. The van der Waals surface area contributed by atoms with Crippen LogP contribution < -0.4 is 5.32 Å². The number of aliphatic carboxylic acids is 1. The van der Waals surface area contributed by atoms with Crippen molar-refractivity contribution in [1.29, 1.82) is 0 Å². The molecule has 2 aliphatic carbocycles. The largest absolute Gasteiger partial charge is 0.481 e. The van der Waals surface area contributed by atoms with E-state index < -0.39 is 5.97 Å². The van der Waals surface area contributed by atoms with E-state index in [9.17, 15) is 4.79 Å². The van der Waals surface area contributed by atoms with Crippen LogP contribution in [0, 0.1) is 17.3 Å². The maximum Gasteiger partial charge on any atom is 0.306 e. The highest BCUT2D eigenvalue weighted by Crippen LogP contribution is 2.35. The highest BCUT2D eigenvalue weighted by atomic mass is 16.4. The molecule has 19 heavy (non-hydrogen) atoms. The van der Waals surface area contributed by atoms with Gasteiger partial charge in [0.2, 0.25) is 0 Å². The average Bonchev–Trinajstić information content (AvgIpc) is 2.38. The van der Waals surface area contributed by atoms with E-state index in [2.05, 4.69) is 19.2 Å². The van der Waals surface area contributed by atoms with Gasteiger partial charge in [-0.25, -0.2) is 0 Å². The van der Waals surface area contributed by atoms with Gasteiger partial charge >= 0.3 is 5.97 Å². The number of hydrogen-bond donors (Lipinski definition) is 2. The van der Waals surface area contributed by atoms with Crippen molar-refractivity contribution in [3.05, 3.63) is 0 Å². The SMILES string of the molecule is CC1(C)CCC(NCC2CCC(C(=O)O)CC2)CC1. The minimum atomic E-state index is -0.596. The van der Waals surface area contributed by atoms with Gasteiger partial charge in [-0.1, -0.05) is 13.8 Å². The molecule has 0 saturated heterocycles. The van der Waals surface area contributed by atoms with Crippen molar-refractivity contribution in [1.82, 2.24) is 5.32 Å². The van der Waals surface area contributed by atoms with Crippen molar-refractivity contribution in [2.24, 2.45) is 17.3 Å². The van der Waals surface area contributed by atoms with E-state index in [1.54, 1.807) is 0 Å². The van der Waals surface area contributed by atoms with E-state index in [1.165, 1.54) is 25.7 Å². The van der Waals surface area contributed by atoms with Gasteiger partial charge in [0.05, 0.1) is 5.92 Å². The molecule has 0 spiro atoms. The molecule has 3 nitrogen and oxygen atoms in total. The van der Waals surface area contributed by atoms with Gasteiger partial charge in [-0.15, -0.1) is 0 Å². The van der Waals surface area contributed by atoms with E-state index >= 15 is 0 Å². The van der Waals surface area contributed by atoms with E-state index in [0.29, 0.717) is 17.4 Å². The minimum Gasteiger partial charge on any atom is -0.481 e. The number of carbonyl (C=O) groups is 1. The molecule has 0 aromatic rings. The van der Waals surface area contributed by atoms with Crippen LogP contribution in [0.4, 0.5) is 0 Å². The molecular weight excluding hydrogens is 238 g/mol. The second-order valence-electron chi connectivity index (χ2n) is 7.40. The number of carboxylic acids is 1. The smallest absolute Gasteiger partial charge is 0.306 e. The molecule has 3 heteroatoms. The van der Waals surface area contributed by atoms with E-state index in [4.69, 9.17) is 5.11 Å². The Bertz CT molecular complexity index is 296. The van der Waals surface area contributed by atoms with E-state index in [-0.39, 0.29) is 5.92 Å². The molecule has 0 amide bonds. The summed E-state index contributed by atoms with van der Waals surface area (Å²) in [5, 5.41) is 12.7. The molecule has 0 aromatic carbocycles. The molecule has 0 aromatic heterocycles. The second kappa shape index (κ2) is 6.25. The molecule has 2 aliphatic rings. The normalized spacial score (nSPS) is 32.1. The van der Waals surface area contributed by atoms with Crippen LogP contribution in [0.2, 0.25) is 0 Å². The first-order valence-electron chi connectivity index (χ1n) is 7.92. The first kappa shape index (κ1) is 14.8. The molecule has 110 valence electrons. The van der Waals surface area contributed by atoms with Crippen molar-refractivity contribution in [3.63, 3.8) is 0 Å². The Morgan fingerprint density at radius 1 is 1.11 bits per heavy atom. The van der Waals surface area contributed by atoms with Crippen molar-refractivity contribution in [2.45, 2.75) is 71.3 Å². The third-order valence-electron chi connectivity index (χ3n) is 5.23. The molecule has 2 fully saturated rings. The first-order valence-corrected chi connectivity index (χ1v) is 7.92. The Morgan fingerprint density at radius 3 is 2.21 bits per heavy atom. The van der Waals surface area contributed by atoms with Gasteiger partial charge in [-0.2, -0.15) is 0 Å². The van der Waals surface area contributed by atoms with Crippen molar-refractivity contribution in [3.8, 4) is 0 Å². The highest BCUT2D eigenvalue weighted by molar-refractivity contribution is 5.69. The van der Waals surface area contributed by atoms with Gasteiger partial charge in [0.25, 0.3) is 0 Å². The summed E-state index contributed by atoms with van der Waals surface area (Å²) >= 11 is 0. The first-order chi connectivity index (χ1) is 8.96. The van der Waals surface area contributed by atoms with Crippen molar-refractivity contribution in [2.75, 3.05) is 6.54 Å². The van der Waals surface area contributed by atoms with Gasteiger partial charge in [-0.3, -0.25) is 4.79 Å². The van der Waals surface area contributed by atoms with Crippen LogP contribution in [0.5, 0.6) is 0 Å². The lowest BCUT2D eigenvalue weighted by molar-refractivity contribution is -0.143. The molecule has 0 aliphatic heterocycles. The lowest BCUT2D eigenvalue weighted by Gasteiger charge is -2.36. The number of carboxylic acid groups (broad SMARTS) is 1. The monoisotopic (exact) mass is 267 g/mol. The van der Waals surface area contributed by atoms with Gasteiger partial charge in [0.15, 0.2) is 0 Å². The zero-order valence-electron chi connectivity index (χ0n) is 12.5. The van der Waals surface area contributed by atoms with Crippen LogP contribution in [-0.2, 0) is 4.79 Å². The highest BCUT2D eigenvalue weighted by Gasteiger charge is 2.28.